The summed E-state index contributed by atoms with van der Waals surface area (Å²) in [6.07, 6.45) is 4.44. The Balaban J connectivity index is 2.85. The molecule has 3 heteroatoms. The molecule has 1 unspecified atom stereocenters. The van der Waals surface area contributed by atoms with Gasteiger partial charge in [0.05, 0.1) is 6.42 Å². The van der Waals surface area contributed by atoms with Crippen LogP contribution in [0.2, 0.25) is 0 Å². The van der Waals surface area contributed by atoms with Gasteiger partial charge in [-0.25, -0.2) is 0 Å². The van der Waals surface area contributed by atoms with Gasteiger partial charge in [-0.15, -0.1) is 13.2 Å². The molecule has 0 aromatic heterocycles. The van der Waals surface area contributed by atoms with E-state index in [1.807, 2.05) is 6.92 Å². The Morgan fingerprint density at radius 1 is 1.25 bits per heavy atom. The lowest BCUT2D eigenvalue weighted by Gasteiger charge is -2.29. The topological polar surface area (TPSA) is 40.5 Å². The van der Waals surface area contributed by atoms with Crippen molar-refractivity contribution in [2.24, 2.45) is 0 Å². The van der Waals surface area contributed by atoms with Crippen molar-refractivity contribution in [3.05, 3.63) is 60.7 Å². The van der Waals surface area contributed by atoms with E-state index in [0.29, 0.717) is 19.5 Å². The van der Waals surface area contributed by atoms with E-state index in [1.54, 1.807) is 12.2 Å². The van der Waals surface area contributed by atoms with Crippen LogP contribution in [0.1, 0.15) is 17.5 Å². The number of carbonyl (C=O) groups is 1. The summed E-state index contributed by atoms with van der Waals surface area (Å²) in [5.74, 6) is -0.778. The first-order valence-corrected chi connectivity index (χ1v) is 6.80. The summed E-state index contributed by atoms with van der Waals surface area (Å²) in [6, 6.07) is 8.18. The summed E-state index contributed by atoms with van der Waals surface area (Å²) < 4.78 is 0. The first kappa shape index (κ1) is 16.2. The molecule has 0 aliphatic rings. The maximum absolute atomic E-state index is 11.1. The number of hydrogen-bond acceptors (Lipinski definition) is 2. The molecule has 1 aromatic rings. The van der Waals surface area contributed by atoms with Crippen molar-refractivity contribution in [3.63, 3.8) is 0 Å². The minimum atomic E-state index is -0.778. The number of rotatable bonds is 9. The highest BCUT2D eigenvalue weighted by Gasteiger charge is 2.20. The molecule has 0 saturated heterocycles. The fraction of sp³-hybridized carbons (Fsp3) is 0.353. The zero-order valence-electron chi connectivity index (χ0n) is 12.1. The van der Waals surface area contributed by atoms with Gasteiger partial charge in [0.15, 0.2) is 0 Å². The van der Waals surface area contributed by atoms with E-state index in [4.69, 9.17) is 5.11 Å². The Bertz CT molecular complexity index is 441. The van der Waals surface area contributed by atoms with Gasteiger partial charge < -0.3 is 5.11 Å². The molecule has 1 aromatic carbocycles. The van der Waals surface area contributed by atoms with E-state index in [2.05, 4.69) is 42.3 Å². The molecule has 0 amide bonds. The summed E-state index contributed by atoms with van der Waals surface area (Å²) >= 11 is 0. The number of aryl methyl sites for hydroxylation is 1. The molecule has 108 valence electrons. The molecule has 3 nitrogen and oxygen atoms in total. The molecule has 0 aliphatic heterocycles. The van der Waals surface area contributed by atoms with Crippen LogP contribution in [0.15, 0.2) is 49.6 Å². The number of aliphatic carboxylic acids is 1. The van der Waals surface area contributed by atoms with Crippen molar-refractivity contribution in [3.8, 4) is 0 Å². The van der Waals surface area contributed by atoms with E-state index in [9.17, 15) is 4.79 Å². The summed E-state index contributed by atoms with van der Waals surface area (Å²) in [5, 5.41) is 9.11. The highest BCUT2D eigenvalue weighted by atomic mass is 16.4. The van der Waals surface area contributed by atoms with Gasteiger partial charge in [0.1, 0.15) is 0 Å². The highest BCUT2D eigenvalue weighted by Crippen LogP contribution is 2.14. The maximum Gasteiger partial charge on any atom is 0.304 e. The number of benzene rings is 1. The number of hydrogen-bond donors (Lipinski definition) is 1. The van der Waals surface area contributed by atoms with Crippen LogP contribution >= 0.6 is 0 Å². The molecule has 0 aliphatic carbocycles. The second-order valence-electron chi connectivity index (χ2n) is 4.97. The lowest BCUT2D eigenvalue weighted by Crippen LogP contribution is -2.38. The quantitative estimate of drug-likeness (QED) is 0.703. The maximum atomic E-state index is 11.1. The van der Waals surface area contributed by atoms with Crippen LogP contribution in [0.4, 0.5) is 0 Å². The molecule has 0 fully saturated rings. The SMILES string of the molecule is C=CCN(CC=C)C(CC(=O)O)Cc1ccc(C)cc1. The van der Waals surface area contributed by atoms with Gasteiger partial charge in [-0.3, -0.25) is 9.69 Å². The molecule has 0 bridgehead atoms. The van der Waals surface area contributed by atoms with Crippen LogP contribution in [0, 0.1) is 6.92 Å². The van der Waals surface area contributed by atoms with Crippen molar-refractivity contribution in [2.45, 2.75) is 25.8 Å². The van der Waals surface area contributed by atoms with Gasteiger partial charge >= 0.3 is 5.97 Å². The summed E-state index contributed by atoms with van der Waals surface area (Å²) in [4.78, 5) is 13.2. The lowest BCUT2D eigenvalue weighted by atomic mass is 10.0. The predicted molar refractivity (Wildman–Crippen MR) is 82.9 cm³/mol. The average Bonchev–Trinajstić information content (AvgIpc) is 2.40. The Kier molecular flexibility index (Phi) is 6.74. The minimum Gasteiger partial charge on any atom is -0.481 e. The monoisotopic (exact) mass is 273 g/mol. The number of carboxylic acids is 1. The number of nitrogens with zero attached hydrogens (tertiary/aromatic N) is 1. The van der Waals surface area contributed by atoms with Gasteiger partial charge in [-0.2, -0.15) is 0 Å². The zero-order valence-corrected chi connectivity index (χ0v) is 12.1. The largest absolute Gasteiger partial charge is 0.481 e. The van der Waals surface area contributed by atoms with Gasteiger partial charge in [0, 0.05) is 19.1 Å². The Morgan fingerprint density at radius 2 is 1.80 bits per heavy atom. The molecule has 0 spiro atoms. The van der Waals surface area contributed by atoms with Gasteiger partial charge in [0.2, 0.25) is 0 Å². The fourth-order valence-corrected chi connectivity index (χ4v) is 2.23. The molecule has 0 heterocycles. The van der Waals surface area contributed by atoms with Crippen LogP contribution in [0.5, 0.6) is 0 Å². The predicted octanol–water partition coefficient (Wildman–Crippen LogP) is 3.05. The van der Waals surface area contributed by atoms with Gasteiger partial charge in [-0.05, 0) is 18.9 Å². The van der Waals surface area contributed by atoms with Crippen LogP contribution in [0.25, 0.3) is 0 Å². The summed E-state index contributed by atoms with van der Waals surface area (Å²) in [5.41, 5.74) is 2.36. The van der Waals surface area contributed by atoms with Crippen molar-refractivity contribution in [1.82, 2.24) is 4.90 Å². The standard InChI is InChI=1S/C17H23NO2/c1-4-10-18(11-5-2)16(13-17(19)20)12-15-8-6-14(3)7-9-15/h4-9,16H,1-2,10-13H2,3H3,(H,19,20). The van der Waals surface area contributed by atoms with Crippen LogP contribution in [-0.2, 0) is 11.2 Å². The van der Waals surface area contributed by atoms with Crippen LogP contribution in [-0.4, -0.2) is 35.1 Å². The van der Waals surface area contributed by atoms with Crippen LogP contribution in [0.3, 0.4) is 0 Å². The van der Waals surface area contributed by atoms with Gasteiger partial charge in [0.25, 0.3) is 0 Å². The second kappa shape index (κ2) is 8.33. The second-order valence-corrected chi connectivity index (χ2v) is 4.97. The first-order valence-electron chi connectivity index (χ1n) is 6.80. The third-order valence-corrected chi connectivity index (χ3v) is 3.25. The molecule has 1 N–H and O–H groups in total. The van der Waals surface area contributed by atoms with Crippen LogP contribution < -0.4 is 0 Å². The van der Waals surface area contributed by atoms with E-state index >= 15 is 0 Å². The Labute approximate surface area is 121 Å². The van der Waals surface area contributed by atoms with Crippen molar-refractivity contribution in [1.29, 1.82) is 0 Å². The summed E-state index contributed by atoms with van der Waals surface area (Å²) in [7, 11) is 0. The van der Waals surface area contributed by atoms with Crippen molar-refractivity contribution >= 4 is 5.97 Å². The van der Waals surface area contributed by atoms with E-state index in [-0.39, 0.29) is 12.5 Å². The molecule has 1 rings (SSSR count). The first-order chi connectivity index (χ1) is 9.56. The summed E-state index contributed by atoms with van der Waals surface area (Å²) in [6.45, 7) is 10.8. The smallest absolute Gasteiger partial charge is 0.304 e. The third-order valence-electron chi connectivity index (χ3n) is 3.25. The molecular formula is C17H23NO2. The number of carboxylic acid groups (broad SMARTS) is 1. The van der Waals surface area contributed by atoms with Crippen molar-refractivity contribution < 1.29 is 9.90 Å². The molecule has 0 radical (unpaired) electrons. The zero-order chi connectivity index (χ0) is 15.0. The fourth-order valence-electron chi connectivity index (χ4n) is 2.23. The Hall–Kier alpha value is -1.87. The molecule has 1 atom stereocenters. The molecule has 20 heavy (non-hydrogen) atoms. The Morgan fingerprint density at radius 3 is 2.25 bits per heavy atom. The van der Waals surface area contributed by atoms with E-state index in [1.165, 1.54) is 5.56 Å². The normalized spacial score (nSPS) is 12.1. The highest BCUT2D eigenvalue weighted by molar-refractivity contribution is 5.67. The van der Waals surface area contributed by atoms with Crippen molar-refractivity contribution in [2.75, 3.05) is 13.1 Å². The average molecular weight is 273 g/mol. The molecule has 0 saturated carbocycles. The van der Waals surface area contributed by atoms with E-state index < -0.39 is 5.97 Å². The third kappa shape index (κ3) is 5.41. The molecular weight excluding hydrogens is 250 g/mol. The lowest BCUT2D eigenvalue weighted by molar-refractivity contribution is -0.138. The van der Waals surface area contributed by atoms with E-state index in [0.717, 1.165) is 5.56 Å². The minimum absolute atomic E-state index is 0.0498. The van der Waals surface area contributed by atoms with Gasteiger partial charge in [-0.1, -0.05) is 42.0 Å².